The van der Waals surface area contributed by atoms with Gasteiger partial charge in [0.25, 0.3) is 0 Å². The van der Waals surface area contributed by atoms with E-state index in [1.54, 1.807) is 6.20 Å². The number of nitrogens with zero attached hydrogens (tertiary/aromatic N) is 4. The molecule has 4 nitrogen and oxygen atoms in total. The maximum Gasteiger partial charge on any atom is 0.0998 e. The van der Waals surface area contributed by atoms with Gasteiger partial charge in [0.2, 0.25) is 0 Å². The van der Waals surface area contributed by atoms with Crippen molar-refractivity contribution in [1.29, 1.82) is 5.26 Å². The van der Waals surface area contributed by atoms with Crippen molar-refractivity contribution in [2.75, 3.05) is 0 Å². The number of hydrogen-bond donors (Lipinski definition) is 0. The van der Waals surface area contributed by atoms with Gasteiger partial charge in [-0.1, -0.05) is 152 Å². The minimum Gasteiger partial charge on any atom is -0.306 e. The van der Waals surface area contributed by atoms with Crippen molar-refractivity contribution in [2.24, 2.45) is 0 Å². The van der Waals surface area contributed by atoms with Crippen molar-refractivity contribution in [3.8, 4) is 56.3 Å². The summed E-state index contributed by atoms with van der Waals surface area (Å²) in [6.07, 6.45) is 7.43. The van der Waals surface area contributed by atoms with Gasteiger partial charge in [0.15, 0.2) is 0 Å². The summed E-state index contributed by atoms with van der Waals surface area (Å²) in [6.45, 7) is 0. The van der Waals surface area contributed by atoms with Gasteiger partial charge in [-0.2, -0.15) is 5.26 Å². The molecular weight excluding hydrogens is 741 g/mol. The van der Waals surface area contributed by atoms with Crippen LogP contribution >= 0.6 is 0 Å². The van der Waals surface area contributed by atoms with Gasteiger partial charge in [-0.05, 0) is 112 Å². The first-order valence-corrected chi connectivity index (χ1v) is 20.5. The van der Waals surface area contributed by atoms with E-state index >= 15 is 0 Å². The van der Waals surface area contributed by atoms with E-state index in [2.05, 4.69) is 197 Å². The molecule has 0 fully saturated rings. The Balaban J connectivity index is 1.12. The zero-order valence-corrected chi connectivity index (χ0v) is 32.9. The highest BCUT2D eigenvalue weighted by molar-refractivity contribution is 6.30. The highest BCUT2D eigenvalue weighted by Crippen LogP contribution is 2.50. The molecule has 0 saturated carbocycles. The van der Waals surface area contributed by atoms with Crippen molar-refractivity contribution in [2.45, 2.75) is 0 Å². The third-order valence-electron chi connectivity index (χ3n) is 12.4. The fourth-order valence-corrected chi connectivity index (χ4v) is 9.94. The Labute approximate surface area is 351 Å². The summed E-state index contributed by atoms with van der Waals surface area (Å²) in [6, 6.07) is 67.4. The van der Waals surface area contributed by atoms with Crippen molar-refractivity contribution >= 4 is 64.9 Å². The summed E-state index contributed by atoms with van der Waals surface area (Å²) in [5.74, 6) is 0. The van der Waals surface area contributed by atoms with Crippen molar-refractivity contribution in [3.63, 3.8) is 0 Å². The SMILES string of the molecule is N#Cc1cc(-c2cccc3c2c2ccncc2n3-c2cccnc2)ccc1-c1c2ccccc2c(-c2c3ccccc3c(-c3ccccc3)c3ccccc23)c2ccccc12. The van der Waals surface area contributed by atoms with Crippen LogP contribution < -0.4 is 0 Å². The van der Waals surface area contributed by atoms with Gasteiger partial charge < -0.3 is 4.57 Å². The third kappa shape index (κ3) is 5.25. The molecule has 9 aromatic carbocycles. The van der Waals surface area contributed by atoms with Crippen LogP contribution in [0.4, 0.5) is 0 Å². The first-order valence-electron chi connectivity index (χ1n) is 20.5. The number of rotatable bonds is 5. The van der Waals surface area contributed by atoms with E-state index in [0.29, 0.717) is 5.56 Å². The zero-order chi connectivity index (χ0) is 40.4. The minimum absolute atomic E-state index is 0.623. The van der Waals surface area contributed by atoms with Gasteiger partial charge in [0, 0.05) is 28.7 Å². The molecule has 3 aromatic heterocycles. The van der Waals surface area contributed by atoms with Crippen LogP contribution in [0.3, 0.4) is 0 Å². The largest absolute Gasteiger partial charge is 0.306 e. The van der Waals surface area contributed by atoms with Crippen LogP contribution in [0.1, 0.15) is 5.56 Å². The summed E-state index contributed by atoms with van der Waals surface area (Å²) in [7, 11) is 0. The molecule has 0 N–H and O–H groups in total. The Hall–Kier alpha value is -8.39. The van der Waals surface area contributed by atoms with E-state index in [4.69, 9.17) is 0 Å². The Morgan fingerprint density at radius 3 is 1.51 bits per heavy atom. The molecule has 0 atom stereocenters. The van der Waals surface area contributed by atoms with Crippen LogP contribution in [0.2, 0.25) is 0 Å². The number of hydrogen-bond acceptors (Lipinski definition) is 3. The van der Waals surface area contributed by atoms with E-state index in [1.165, 1.54) is 43.8 Å². The maximum atomic E-state index is 11.1. The quantitative estimate of drug-likeness (QED) is 0.164. The molecule has 4 heteroatoms. The van der Waals surface area contributed by atoms with Gasteiger partial charge in [-0.15, -0.1) is 0 Å². The lowest BCUT2D eigenvalue weighted by Crippen LogP contribution is -1.96. The van der Waals surface area contributed by atoms with Gasteiger partial charge in [0.1, 0.15) is 0 Å². The first kappa shape index (κ1) is 34.6. The number of pyridine rings is 2. The van der Waals surface area contributed by atoms with Gasteiger partial charge in [-0.25, -0.2) is 0 Å². The highest BCUT2D eigenvalue weighted by Gasteiger charge is 2.24. The summed E-state index contributed by atoms with van der Waals surface area (Å²) < 4.78 is 2.22. The zero-order valence-electron chi connectivity index (χ0n) is 32.9. The highest BCUT2D eigenvalue weighted by atomic mass is 15.0. The third-order valence-corrected chi connectivity index (χ3v) is 12.4. The summed E-state index contributed by atoms with van der Waals surface area (Å²) >= 11 is 0. The average molecular weight is 775 g/mol. The van der Waals surface area contributed by atoms with E-state index in [-0.39, 0.29) is 0 Å². The average Bonchev–Trinajstić information content (AvgIpc) is 3.68. The maximum absolute atomic E-state index is 11.1. The normalized spacial score (nSPS) is 11.6. The molecule has 0 saturated heterocycles. The summed E-state index contributed by atoms with van der Waals surface area (Å²) in [5.41, 5.74) is 12.5. The Morgan fingerprint density at radius 1 is 0.377 bits per heavy atom. The van der Waals surface area contributed by atoms with Crippen LogP contribution in [-0.2, 0) is 0 Å². The lowest BCUT2D eigenvalue weighted by atomic mass is 9.80. The van der Waals surface area contributed by atoms with Gasteiger partial charge in [-0.3, -0.25) is 9.97 Å². The fraction of sp³-hybridized carbons (Fsp3) is 0. The molecule has 0 aliphatic carbocycles. The number of nitriles is 1. The second kappa shape index (κ2) is 13.9. The predicted molar refractivity (Wildman–Crippen MR) is 253 cm³/mol. The smallest absolute Gasteiger partial charge is 0.0998 e. The number of aromatic nitrogens is 3. The second-order valence-electron chi connectivity index (χ2n) is 15.6. The monoisotopic (exact) mass is 774 g/mol. The number of fused-ring (bicyclic) bond motifs is 7. The Morgan fingerprint density at radius 2 is 0.934 bits per heavy atom. The molecule has 61 heavy (non-hydrogen) atoms. The second-order valence-corrected chi connectivity index (χ2v) is 15.6. The lowest BCUT2D eigenvalue weighted by Gasteiger charge is -2.22. The predicted octanol–water partition coefficient (Wildman–Crippen LogP) is 14.7. The molecule has 0 spiro atoms. The molecule has 0 aliphatic heterocycles. The van der Waals surface area contributed by atoms with E-state index < -0.39 is 0 Å². The van der Waals surface area contributed by atoms with Crippen molar-refractivity contribution in [3.05, 3.63) is 212 Å². The molecule has 0 unspecified atom stereocenters. The fourth-order valence-electron chi connectivity index (χ4n) is 9.94. The van der Waals surface area contributed by atoms with E-state index in [1.807, 2.05) is 24.7 Å². The molecule has 0 radical (unpaired) electrons. The molecule has 3 heterocycles. The van der Waals surface area contributed by atoms with Crippen LogP contribution in [0.5, 0.6) is 0 Å². The van der Waals surface area contributed by atoms with Gasteiger partial charge in [0.05, 0.1) is 40.7 Å². The standard InChI is InChI=1S/C57H34N4/c58-33-38-32-37(40-25-12-26-51-55(40)50-29-31-60-35-52(50)61(51)39-16-13-30-59-34-39)27-28-41(38)54-44-19-6-10-23-48(44)57(49-24-11-7-20-45(49)54)56-46-21-8-4-17-42(46)53(36-14-2-1-3-15-36)43-18-5-9-22-47(43)56/h1-32,34-35H. The molecule has 12 aromatic rings. The van der Waals surface area contributed by atoms with Crippen LogP contribution in [0, 0.1) is 11.3 Å². The molecule has 0 bridgehead atoms. The number of benzene rings is 9. The van der Waals surface area contributed by atoms with Gasteiger partial charge >= 0.3 is 0 Å². The summed E-state index contributed by atoms with van der Waals surface area (Å²) in [5, 5.41) is 22.6. The van der Waals surface area contributed by atoms with Crippen LogP contribution in [0.15, 0.2) is 207 Å². The molecular formula is C57H34N4. The molecule has 0 amide bonds. The van der Waals surface area contributed by atoms with Crippen molar-refractivity contribution < 1.29 is 0 Å². The molecule has 0 aliphatic rings. The van der Waals surface area contributed by atoms with Crippen LogP contribution in [0.25, 0.3) is 115 Å². The molecule has 282 valence electrons. The first-order chi connectivity index (χ1) is 30.3. The Bertz CT molecular complexity index is 3650. The Kier molecular flexibility index (Phi) is 7.88. The summed E-state index contributed by atoms with van der Waals surface area (Å²) in [4.78, 5) is 8.93. The van der Waals surface area contributed by atoms with Crippen molar-refractivity contribution in [1.82, 2.24) is 14.5 Å². The van der Waals surface area contributed by atoms with E-state index in [9.17, 15) is 5.26 Å². The molecule has 12 rings (SSSR count). The van der Waals surface area contributed by atoms with Crippen LogP contribution in [-0.4, -0.2) is 14.5 Å². The van der Waals surface area contributed by atoms with E-state index in [0.717, 1.165) is 71.3 Å². The lowest BCUT2D eigenvalue weighted by molar-refractivity contribution is 1.13. The minimum atomic E-state index is 0.623. The topological polar surface area (TPSA) is 54.5 Å².